The highest BCUT2D eigenvalue weighted by Gasteiger charge is 2.49. The molecule has 0 unspecified atom stereocenters. The van der Waals surface area contributed by atoms with Gasteiger partial charge in [-0.25, -0.2) is 0 Å². The largest absolute Gasteiger partial charge is 0.496 e. The molecular formula is C38H53N5O3. The summed E-state index contributed by atoms with van der Waals surface area (Å²) >= 11 is 0. The highest BCUT2D eigenvalue weighted by Crippen LogP contribution is 2.43. The van der Waals surface area contributed by atoms with Crippen LogP contribution in [-0.2, 0) is 21.5 Å². The van der Waals surface area contributed by atoms with Gasteiger partial charge in [0.1, 0.15) is 11.2 Å². The Bertz CT molecular complexity index is 1290. The number of carbonyl (C=O) groups is 1. The molecule has 1 aromatic heterocycles. The zero-order chi connectivity index (χ0) is 32.2. The van der Waals surface area contributed by atoms with Gasteiger partial charge >= 0.3 is 0 Å². The molecule has 2 N–H and O–H groups in total. The van der Waals surface area contributed by atoms with Crippen LogP contribution < -0.4 is 10.5 Å². The average Bonchev–Trinajstić information content (AvgIpc) is 3.57. The van der Waals surface area contributed by atoms with Gasteiger partial charge in [0.05, 0.1) is 13.7 Å². The van der Waals surface area contributed by atoms with Crippen LogP contribution in [0.25, 0.3) is 0 Å². The van der Waals surface area contributed by atoms with Crippen LogP contribution in [0.5, 0.6) is 5.75 Å². The average molecular weight is 628 g/mol. The Morgan fingerprint density at radius 1 is 0.935 bits per heavy atom. The number of nitrogens with zero attached hydrogens (tertiary/aromatic N) is 4. The molecule has 1 atom stereocenters. The molecule has 8 nitrogen and oxygen atoms in total. The maximum absolute atomic E-state index is 13.3. The fourth-order valence-corrected chi connectivity index (χ4v) is 7.74. The van der Waals surface area contributed by atoms with E-state index in [1.807, 2.05) is 72.9 Å². The van der Waals surface area contributed by atoms with Crippen molar-refractivity contribution in [3.63, 3.8) is 0 Å². The molecule has 46 heavy (non-hydrogen) atoms. The van der Waals surface area contributed by atoms with Crippen LogP contribution in [0.1, 0.15) is 55.7 Å². The van der Waals surface area contributed by atoms with Gasteiger partial charge < -0.3 is 25.0 Å². The van der Waals surface area contributed by atoms with E-state index in [0.29, 0.717) is 12.6 Å². The van der Waals surface area contributed by atoms with E-state index in [0.717, 1.165) is 95.1 Å². The van der Waals surface area contributed by atoms with Gasteiger partial charge in [0, 0.05) is 50.2 Å². The lowest BCUT2D eigenvalue weighted by atomic mass is 9.64. The first-order valence-electron chi connectivity index (χ1n) is 17.2. The highest BCUT2D eigenvalue weighted by molar-refractivity contribution is 5.91. The minimum atomic E-state index is -0.840. The minimum Gasteiger partial charge on any atom is -0.496 e. The highest BCUT2D eigenvalue weighted by atomic mass is 16.5. The van der Waals surface area contributed by atoms with Crippen LogP contribution in [0, 0.1) is 5.92 Å². The SMILES string of the molecule is CCN(CCCCOCCN1CC[C@@H](C(C(N)=O)(c2ccccc2)c2ccccc2)C1)C1CCN(Cc2cnccc2OC)CC1. The molecule has 3 aromatic rings. The van der Waals surface area contributed by atoms with Gasteiger partial charge in [0.25, 0.3) is 0 Å². The predicted octanol–water partition coefficient (Wildman–Crippen LogP) is 4.97. The molecule has 2 saturated heterocycles. The second kappa shape index (κ2) is 17.0. The molecule has 0 bridgehead atoms. The number of amides is 1. The molecule has 8 heteroatoms. The minimum absolute atomic E-state index is 0.111. The van der Waals surface area contributed by atoms with Gasteiger partial charge in [-0.3, -0.25) is 14.7 Å². The van der Waals surface area contributed by atoms with Crippen LogP contribution in [0.3, 0.4) is 0 Å². The number of primary amides is 1. The Morgan fingerprint density at radius 2 is 1.61 bits per heavy atom. The second-order valence-corrected chi connectivity index (χ2v) is 12.8. The third-order valence-electron chi connectivity index (χ3n) is 10.2. The number of pyridine rings is 1. The van der Waals surface area contributed by atoms with E-state index in [1.54, 1.807) is 13.3 Å². The summed E-state index contributed by atoms with van der Waals surface area (Å²) in [5.74, 6) is 0.764. The summed E-state index contributed by atoms with van der Waals surface area (Å²) in [5.41, 5.74) is 8.54. The third kappa shape index (κ3) is 8.15. The number of carbonyl (C=O) groups excluding carboxylic acids is 1. The van der Waals surface area contributed by atoms with E-state index < -0.39 is 5.41 Å². The first-order chi connectivity index (χ1) is 22.6. The van der Waals surface area contributed by atoms with E-state index in [9.17, 15) is 4.79 Å². The van der Waals surface area contributed by atoms with Crippen molar-refractivity contribution in [3.8, 4) is 5.75 Å². The Balaban J connectivity index is 1.01. The van der Waals surface area contributed by atoms with Crippen LogP contribution >= 0.6 is 0 Å². The van der Waals surface area contributed by atoms with E-state index in [1.165, 1.54) is 18.4 Å². The number of benzene rings is 2. The molecule has 1 amide bonds. The molecule has 2 fully saturated rings. The molecule has 0 radical (unpaired) electrons. The van der Waals surface area contributed by atoms with Gasteiger partial charge in [0.15, 0.2) is 0 Å². The second-order valence-electron chi connectivity index (χ2n) is 12.8. The summed E-state index contributed by atoms with van der Waals surface area (Å²) in [7, 11) is 1.73. The predicted molar refractivity (Wildman–Crippen MR) is 184 cm³/mol. The van der Waals surface area contributed by atoms with Crippen molar-refractivity contribution in [1.82, 2.24) is 19.7 Å². The summed E-state index contributed by atoms with van der Waals surface area (Å²) in [4.78, 5) is 25.2. The lowest BCUT2D eigenvalue weighted by Gasteiger charge is -2.38. The summed E-state index contributed by atoms with van der Waals surface area (Å²) in [6.45, 7) is 11.8. The van der Waals surface area contributed by atoms with Crippen LogP contribution in [0.15, 0.2) is 79.1 Å². The number of methoxy groups -OCH3 is 1. The summed E-state index contributed by atoms with van der Waals surface area (Å²) in [6.07, 6.45) is 9.28. The smallest absolute Gasteiger partial charge is 0.232 e. The van der Waals surface area contributed by atoms with Crippen molar-refractivity contribution in [2.75, 3.05) is 66.1 Å². The van der Waals surface area contributed by atoms with Crippen molar-refractivity contribution in [3.05, 3.63) is 95.8 Å². The molecule has 248 valence electrons. The molecule has 2 aliphatic rings. The van der Waals surface area contributed by atoms with E-state index in [4.69, 9.17) is 15.2 Å². The van der Waals surface area contributed by atoms with Crippen molar-refractivity contribution in [2.24, 2.45) is 11.7 Å². The van der Waals surface area contributed by atoms with Crippen molar-refractivity contribution >= 4 is 5.91 Å². The standard InChI is InChI=1S/C38H53N5O3/c1-3-43(35-18-23-41(24-19-35)29-31-28-40-20-16-36(31)45-2)21-10-11-26-46-27-25-42-22-17-34(30-42)38(37(39)44,32-12-6-4-7-13-32)33-14-8-5-9-15-33/h4-9,12-16,20,28,34-35H,3,10-11,17-19,21-27,29-30H2,1-2H3,(H2,39,44)/t34-/m1/s1. The zero-order valence-electron chi connectivity index (χ0n) is 27.9. The number of unbranched alkanes of at least 4 members (excludes halogenated alkanes) is 1. The summed E-state index contributed by atoms with van der Waals surface area (Å²) in [6, 6.07) is 22.8. The Hall–Kier alpha value is -3.30. The van der Waals surface area contributed by atoms with E-state index in [2.05, 4.69) is 26.6 Å². The number of aromatic nitrogens is 1. The van der Waals surface area contributed by atoms with Gasteiger partial charge in [-0.2, -0.15) is 0 Å². The van der Waals surface area contributed by atoms with Crippen LogP contribution in [-0.4, -0.2) is 97.8 Å². The fourth-order valence-electron chi connectivity index (χ4n) is 7.74. The number of likely N-dealkylation sites (tertiary alicyclic amines) is 2. The lowest BCUT2D eigenvalue weighted by molar-refractivity contribution is -0.123. The number of ether oxygens (including phenoxy) is 2. The Labute approximate surface area is 275 Å². The van der Waals surface area contributed by atoms with Gasteiger partial charge in [-0.05, 0) is 87.9 Å². The van der Waals surface area contributed by atoms with Crippen molar-refractivity contribution in [2.45, 2.75) is 57.0 Å². The summed E-state index contributed by atoms with van der Waals surface area (Å²) in [5, 5.41) is 0. The van der Waals surface area contributed by atoms with Gasteiger partial charge in [0.2, 0.25) is 5.91 Å². The van der Waals surface area contributed by atoms with E-state index in [-0.39, 0.29) is 11.8 Å². The maximum Gasteiger partial charge on any atom is 0.232 e. The van der Waals surface area contributed by atoms with E-state index >= 15 is 0 Å². The molecule has 5 rings (SSSR count). The first kappa shape index (κ1) is 34.0. The van der Waals surface area contributed by atoms with Gasteiger partial charge in [-0.15, -0.1) is 0 Å². The third-order valence-corrected chi connectivity index (χ3v) is 10.2. The first-order valence-corrected chi connectivity index (χ1v) is 17.2. The lowest BCUT2D eigenvalue weighted by Crippen LogP contribution is -2.49. The summed E-state index contributed by atoms with van der Waals surface area (Å²) < 4.78 is 11.6. The normalized spacial score (nSPS) is 18.3. The molecule has 0 aliphatic carbocycles. The fraction of sp³-hybridized carbons (Fsp3) is 0.526. The van der Waals surface area contributed by atoms with Crippen molar-refractivity contribution < 1.29 is 14.3 Å². The molecule has 2 aromatic carbocycles. The molecule has 2 aliphatic heterocycles. The topological polar surface area (TPSA) is 84.2 Å². The quantitative estimate of drug-likeness (QED) is 0.212. The Morgan fingerprint density at radius 3 is 2.24 bits per heavy atom. The van der Waals surface area contributed by atoms with Gasteiger partial charge in [-0.1, -0.05) is 67.6 Å². The number of piperidine rings is 1. The number of hydrogen-bond donors (Lipinski definition) is 1. The zero-order valence-corrected chi connectivity index (χ0v) is 27.9. The molecule has 3 heterocycles. The Kier molecular flexibility index (Phi) is 12.6. The number of hydrogen-bond acceptors (Lipinski definition) is 7. The maximum atomic E-state index is 13.3. The van der Waals surface area contributed by atoms with Crippen LogP contribution in [0.4, 0.5) is 0 Å². The number of nitrogens with two attached hydrogens (primary N) is 1. The van der Waals surface area contributed by atoms with Crippen LogP contribution in [0.2, 0.25) is 0 Å². The monoisotopic (exact) mass is 627 g/mol. The van der Waals surface area contributed by atoms with Crippen molar-refractivity contribution in [1.29, 1.82) is 0 Å². The molecular weight excluding hydrogens is 574 g/mol. The number of rotatable bonds is 17. The molecule has 0 spiro atoms. The molecule has 0 saturated carbocycles.